The average Bonchev–Trinajstić information content (AvgIpc) is 2.50. The van der Waals surface area contributed by atoms with Gasteiger partial charge in [0.05, 0.1) is 9.37 Å². The highest BCUT2D eigenvalue weighted by Crippen LogP contribution is 2.35. The SMILES string of the molecule is N#C/C(=C/c1cc(O)c(O)c(Br)c1)S(=O)(=O)c1ccc(F)cc1. The van der Waals surface area contributed by atoms with Crippen LogP contribution in [0.5, 0.6) is 11.5 Å². The monoisotopic (exact) mass is 397 g/mol. The summed E-state index contributed by atoms with van der Waals surface area (Å²) < 4.78 is 37.8. The standard InChI is InChI=1S/C15H9BrFNO4S/c16-13-6-9(7-14(19)15(13)20)5-12(8-18)23(21,22)11-3-1-10(17)2-4-11/h1-7,19-20H/b12-5-. The quantitative estimate of drug-likeness (QED) is 0.470. The minimum atomic E-state index is -4.13. The molecule has 5 nitrogen and oxygen atoms in total. The number of phenolic OH excluding ortho intramolecular Hbond substituents is 2. The van der Waals surface area contributed by atoms with Crippen LogP contribution in [0, 0.1) is 17.1 Å². The zero-order valence-electron chi connectivity index (χ0n) is 11.4. The maximum Gasteiger partial charge on any atom is 0.216 e. The highest BCUT2D eigenvalue weighted by molar-refractivity contribution is 9.10. The normalized spacial score (nSPS) is 12.0. The van der Waals surface area contributed by atoms with Crippen molar-refractivity contribution in [1.82, 2.24) is 0 Å². The first-order chi connectivity index (χ1) is 10.8. The Balaban J connectivity index is 2.55. The van der Waals surface area contributed by atoms with Crippen LogP contribution in [0.25, 0.3) is 6.08 Å². The van der Waals surface area contributed by atoms with Crippen LogP contribution < -0.4 is 0 Å². The molecule has 0 saturated heterocycles. The van der Waals surface area contributed by atoms with Crippen molar-refractivity contribution in [3.8, 4) is 17.6 Å². The third kappa shape index (κ3) is 3.52. The molecule has 0 bridgehead atoms. The van der Waals surface area contributed by atoms with Gasteiger partial charge in [-0.1, -0.05) is 0 Å². The maximum absolute atomic E-state index is 12.9. The molecule has 0 fully saturated rings. The molecule has 0 heterocycles. The smallest absolute Gasteiger partial charge is 0.216 e. The minimum Gasteiger partial charge on any atom is -0.504 e. The van der Waals surface area contributed by atoms with Crippen molar-refractivity contribution < 1.29 is 23.0 Å². The van der Waals surface area contributed by atoms with Gasteiger partial charge in [-0.15, -0.1) is 0 Å². The summed E-state index contributed by atoms with van der Waals surface area (Å²) in [4.78, 5) is -0.810. The zero-order chi connectivity index (χ0) is 17.2. The van der Waals surface area contributed by atoms with E-state index in [-0.39, 0.29) is 14.9 Å². The summed E-state index contributed by atoms with van der Waals surface area (Å²) in [5.41, 5.74) is 0.189. The van der Waals surface area contributed by atoms with Gasteiger partial charge >= 0.3 is 0 Å². The first kappa shape index (κ1) is 17.0. The van der Waals surface area contributed by atoms with E-state index in [4.69, 9.17) is 5.26 Å². The summed E-state index contributed by atoms with van der Waals surface area (Å²) >= 11 is 3.00. The van der Waals surface area contributed by atoms with E-state index in [1.165, 1.54) is 6.07 Å². The van der Waals surface area contributed by atoms with Gasteiger partial charge in [0.15, 0.2) is 11.5 Å². The summed E-state index contributed by atoms with van der Waals surface area (Å²) in [5, 5.41) is 28.1. The van der Waals surface area contributed by atoms with Crippen LogP contribution in [0.3, 0.4) is 0 Å². The molecule has 0 unspecified atom stereocenters. The predicted molar refractivity (Wildman–Crippen MR) is 84.6 cm³/mol. The van der Waals surface area contributed by atoms with Crippen molar-refractivity contribution in [2.24, 2.45) is 0 Å². The van der Waals surface area contributed by atoms with Gasteiger partial charge in [0.1, 0.15) is 16.8 Å². The molecule has 2 N–H and O–H groups in total. The number of allylic oxidation sites excluding steroid dienone is 1. The summed E-state index contributed by atoms with van der Waals surface area (Å²) in [5.74, 6) is -1.47. The molecule has 0 aliphatic rings. The van der Waals surface area contributed by atoms with Crippen LogP contribution in [0.15, 0.2) is 50.7 Å². The number of hydrogen-bond donors (Lipinski definition) is 2. The number of halogens is 2. The second-order valence-corrected chi connectivity index (χ2v) is 7.22. The number of phenols is 2. The van der Waals surface area contributed by atoms with E-state index >= 15 is 0 Å². The summed E-state index contributed by atoms with van der Waals surface area (Å²) in [6.07, 6.45) is 1.04. The van der Waals surface area contributed by atoms with Gasteiger partial charge in [0, 0.05) is 0 Å². The third-order valence-corrected chi connectivity index (χ3v) is 5.17. The van der Waals surface area contributed by atoms with Crippen LogP contribution in [-0.4, -0.2) is 18.6 Å². The molecule has 0 aliphatic heterocycles. The Bertz CT molecular complexity index is 908. The Labute approximate surface area is 140 Å². The molecule has 8 heteroatoms. The van der Waals surface area contributed by atoms with E-state index in [9.17, 15) is 23.0 Å². The molecule has 118 valence electrons. The highest BCUT2D eigenvalue weighted by atomic mass is 79.9. The fourth-order valence-corrected chi connectivity index (χ4v) is 3.38. The summed E-state index contributed by atoms with van der Waals surface area (Å²) in [6, 6.07) is 8.09. The molecule has 23 heavy (non-hydrogen) atoms. The van der Waals surface area contributed by atoms with E-state index in [0.717, 1.165) is 36.4 Å². The number of benzene rings is 2. The Morgan fingerprint density at radius 1 is 1.22 bits per heavy atom. The fraction of sp³-hybridized carbons (Fsp3) is 0. The van der Waals surface area contributed by atoms with Crippen LogP contribution in [-0.2, 0) is 9.84 Å². The molecule has 2 aromatic carbocycles. The molecule has 0 spiro atoms. The lowest BCUT2D eigenvalue weighted by molar-refractivity contribution is 0.401. The Hall–Kier alpha value is -2.37. The Morgan fingerprint density at radius 3 is 2.35 bits per heavy atom. The summed E-state index contributed by atoms with van der Waals surface area (Å²) in [6.45, 7) is 0. The van der Waals surface area contributed by atoms with E-state index < -0.39 is 32.1 Å². The minimum absolute atomic E-state index is 0.139. The predicted octanol–water partition coefficient (Wildman–Crippen LogP) is 3.34. The Kier molecular flexibility index (Phi) is 4.73. The largest absolute Gasteiger partial charge is 0.504 e. The van der Waals surface area contributed by atoms with Gasteiger partial charge in [0.2, 0.25) is 9.84 Å². The lowest BCUT2D eigenvalue weighted by Crippen LogP contribution is -2.03. The lowest BCUT2D eigenvalue weighted by atomic mass is 10.2. The molecule has 0 aliphatic carbocycles. The molecular weight excluding hydrogens is 389 g/mol. The van der Waals surface area contributed by atoms with E-state index in [0.29, 0.717) is 0 Å². The number of rotatable bonds is 3. The van der Waals surface area contributed by atoms with Gasteiger partial charge in [-0.2, -0.15) is 5.26 Å². The summed E-state index contributed by atoms with van der Waals surface area (Å²) in [7, 11) is -4.13. The molecule has 0 radical (unpaired) electrons. The van der Waals surface area contributed by atoms with Crippen molar-refractivity contribution in [1.29, 1.82) is 5.26 Å². The van der Waals surface area contributed by atoms with Gasteiger partial charge in [0.25, 0.3) is 0 Å². The van der Waals surface area contributed by atoms with E-state index in [1.54, 1.807) is 6.07 Å². The number of hydrogen-bond acceptors (Lipinski definition) is 5. The molecular formula is C15H9BrFNO4S. The van der Waals surface area contributed by atoms with Crippen LogP contribution in [0.1, 0.15) is 5.56 Å². The fourth-order valence-electron chi connectivity index (χ4n) is 1.75. The number of nitriles is 1. The first-order valence-corrected chi connectivity index (χ1v) is 8.37. The zero-order valence-corrected chi connectivity index (χ0v) is 13.8. The van der Waals surface area contributed by atoms with E-state index in [2.05, 4.69) is 15.9 Å². The lowest BCUT2D eigenvalue weighted by Gasteiger charge is -2.05. The van der Waals surface area contributed by atoms with Gasteiger partial charge in [-0.05, 0) is 64.0 Å². The average molecular weight is 398 g/mol. The molecule has 2 aromatic rings. The highest BCUT2D eigenvalue weighted by Gasteiger charge is 2.21. The van der Waals surface area contributed by atoms with E-state index in [1.807, 2.05) is 0 Å². The molecule has 0 amide bonds. The third-order valence-electron chi connectivity index (χ3n) is 2.89. The van der Waals surface area contributed by atoms with Crippen LogP contribution in [0.2, 0.25) is 0 Å². The molecule has 2 rings (SSSR count). The van der Waals surface area contributed by atoms with Gasteiger partial charge < -0.3 is 10.2 Å². The number of sulfone groups is 1. The maximum atomic E-state index is 12.9. The van der Waals surface area contributed by atoms with Crippen molar-refractivity contribution >= 4 is 31.8 Å². The van der Waals surface area contributed by atoms with Crippen molar-refractivity contribution in [2.75, 3.05) is 0 Å². The number of nitrogens with zero attached hydrogens (tertiary/aromatic N) is 1. The first-order valence-electron chi connectivity index (χ1n) is 6.09. The van der Waals surface area contributed by atoms with Crippen LogP contribution in [0.4, 0.5) is 4.39 Å². The van der Waals surface area contributed by atoms with Gasteiger partial charge in [-0.3, -0.25) is 0 Å². The van der Waals surface area contributed by atoms with Gasteiger partial charge in [-0.25, -0.2) is 12.8 Å². The molecule has 0 saturated carbocycles. The second kappa shape index (κ2) is 6.40. The molecule has 0 aromatic heterocycles. The van der Waals surface area contributed by atoms with Crippen molar-refractivity contribution in [2.45, 2.75) is 4.90 Å². The molecule has 0 atom stereocenters. The Morgan fingerprint density at radius 2 is 1.83 bits per heavy atom. The number of aromatic hydroxyl groups is 2. The second-order valence-electron chi connectivity index (χ2n) is 4.45. The van der Waals surface area contributed by atoms with Crippen molar-refractivity contribution in [3.05, 3.63) is 57.2 Å². The topological polar surface area (TPSA) is 98.4 Å². The van der Waals surface area contributed by atoms with Crippen molar-refractivity contribution in [3.63, 3.8) is 0 Å². The van der Waals surface area contributed by atoms with Crippen LogP contribution >= 0.6 is 15.9 Å².